The van der Waals surface area contributed by atoms with Gasteiger partial charge in [-0.05, 0) is 31.6 Å². The summed E-state index contributed by atoms with van der Waals surface area (Å²) < 4.78 is 0. The lowest BCUT2D eigenvalue weighted by molar-refractivity contribution is 0.360. The Hall–Kier alpha value is -1.20. The van der Waals surface area contributed by atoms with Crippen molar-refractivity contribution >= 4 is 5.82 Å². The zero-order valence-corrected chi connectivity index (χ0v) is 11.0. The van der Waals surface area contributed by atoms with Crippen molar-refractivity contribution in [2.45, 2.75) is 19.4 Å². The topological polar surface area (TPSA) is 44.3 Å². The molecule has 3 rings (SSSR count). The smallest absolute Gasteiger partial charge is 0.151 e. The van der Waals surface area contributed by atoms with Crippen LogP contribution in [0.4, 0.5) is 5.82 Å². The molecule has 1 aromatic heterocycles. The molecule has 0 saturated carbocycles. The summed E-state index contributed by atoms with van der Waals surface area (Å²) >= 11 is 0. The SMILES string of the molecule is CN1CCCN(c2cc3c(nn2)CCNC3)CC1. The van der Waals surface area contributed by atoms with E-state index in [1.807, 2.05) is 0 Å². The van der Waals surface area contributed by atoms with Gasteiger partial charge in [-0.1, -0.05) is 0 Å². The minimum atomic E-state index is 0.936. The van der Waals surface area contributed by atoms with Crippen molar-refractivity contribution in [3.8, 4) is 0 Å². The van der Waals surface area contributed by atoms with Crippen molar-refractivity contribution < 1.29 is 0 Å². The molecule has 1 fully saturated rings. The van der Waals surface area contributed by atoms with Gasteiger partial charge in [-0.3, -0.25) is 0 Å². The maximum absolute atomic E-state index is 4.41. The lowest BCUT2D eigenvalue weighted by Gasteiger charge is -2.23. The number of fused-ring (bicyclic) bond motifs is 1. The highest BCUT2D eigenvalue weighted by atomic mass is 15.3. The highest BCUT2D eigenvalue weighted by Crippen LogP contribution is 2.18. The molecule has 18 heavy (non-hydrogen) atoms. The number of nitrogens with one attached hydrogen (secondary N) is 1. The summed E-state index contributed by atoms with van der Waals surface area (Å²) in [7, 11) is 2.19. The molecule has 0 atom stereocenters. The third kappa shape index (κ3) is 2.47. The lowest BCUT2D eigenvalue weighted by Crippen LogP contribution is -2.31. The Bertz CT molecular complexity index is 420. The molecule has 5 heteroatoms. The van der Waals surface area contributed by atoms with Crippen molar-refractivity contribution in [3.63, 3.8) is 0 Å². The molecule has 2 aliphatic heterocycles. The Labute approximate surface area is 108 Å². The van der Waals surface area contributed by atoms with E-state index >= 15 is 0 Å². The molecule has 0 bridgehead atoms. The highest BCUT2D eigenvalue weighted by Gasteiger charge is 2.17. The Morgan fingerprint density at radius 3 is 3.06 bits per heavy atom. The van der Waals surface area contributed by atoms with E-state index in [1.165, 1.54) is 24.2 Å². The molecule has 5 nitrogen and oxygen atoms in total. The highest BCUT2D eigenvalue weighted by molar-refractivity contribution is 5.42. The molecule has 0 unspecified atom stereocenters. The van der Waals surface area contributed by atoms with Gasteiger partial charge in [-0.15, -0.1) is 5.10 Å². The number of aromatic nitrogens is 2. The van der Waals surface area contributed by atoms with E-state index in [-0.39, 0.29) is 0 Å². The van der Waals surface area contributed by atoms with Gasteiger partial charge in [0.2, 0.25) is 0 Å². The Kier molecular flexibility index (Phi) is 3.43. The van der Waals surface area contributed by atoms with Crippen LogP contribution in [0.25, 0.3) is 0 Å². The summed E-state index contributed by atoms with van der Waals surface area (Å²) in [6, 6.07) is 2.22. The number of likely N-dealkylation sites (N-methyl/N-ethyl adjacent to an activating group) is 1. The molecule has 1 saturated heterocycles. The minimum absolute atomic E-state index is 0.936. The second-order valence-electron chi connectivity index (χ2n) is 5.25. The molecule has 2 aliphatic rings. The van der Waals surface area contributed by atoms with E-state index in [9.17, 15) is 0 Å². The average Bonchev–Trinajstić information content (AvgIpc) is 2.63. The molecular formula is C13H21N5. The van der Waals surface area contributed by atoms with E-state index in [0.717, 1.165) is 45.0 Å². The van der Waals surface area contributed by atoms with Crippen LogP contribution in [0.2, 0.25) is 0 Å². The summed E-state index contributed by atoms with van der Waals surface area (Å²) in [4.78, 5) is 4.75. The van der Waals surface area contributed by atoms with Crippen LogP contribution < -0.4 is 10.2 Å². The van der Waals surface area contributed by atoms with Gasteiger partial charge in [-0.2, -0.15) is 5.10 Å². The molecule has 0 radical (unpaired) electrons. The van der Waals surface area contributed by atoms with Gasteiger partial charge in [-0.25, -0.2) is 0 Å². The van der Waals surface area contributed by atoms with Gasteiger partial charge >= 0.3 is 0 Å². The monoisotopic (exact) mass is 247 g/mol. The summed E-state index contributed by atoms with van der Waals surface area (Å²) in [6.07, 6.45) is 2.21. The first-order valence-electron chi connectivity index (χ1n) is 6.82. The number of anilines is 1. The van der Waals surface area contributed by atoms with E-state index in [1.54, 1.807) is 0 Å². The van der Waals surface area contributed by atoms with Crippen LogP contribution in [0, 0.1) is 0 Å². The first-order chi connectivity index (χ1) is 8.83. The lowest BCUT2D eigenvalue weighted by atomic mass is 10.1. The van der Waals surface area contributed by atoms with Crippen LogP contribution in [-0.2, 0) is 13.0 Å². The maximum atomic E-state index is 4.41. The third-order valence-electron chi connectivity index (χ3n) is 3.84. The Morgan fingerprint density at radius 1 is 1.17 bits per heavy atom. The zero-order chi connectivity index (χ0) is 12.4. The first-order valence-corrected chi connectivity index (χ1v) is 6.82. The molecule has 0 aromatic carbocycles. The van der Waals surface area contributed by atoms with Crippen LogP contribution in [0.3, 0.4) is 0 Å². The number of hydrogen-bond acceptors (Lipinski definition) is 5. The van der Waals surface area contributed by atoms with Crippen molar-refractivity contribution in [1.82, 2.24) is 20.4 Å². The minimum Gasteiger partial charge on any atom is -0.354 e. The largest absolute Gasteiger partial charge is 0.354 e. The van der Waals surface area contributed by atoms with Crippen molar-refractivity contribution in [2.24, 2.45) is 0 Å². The van der Waals surface area contributed by atoms with Crippen molar-refractivity contribution in [1.29, 1.82) is 0 Å². The summed E-state index contributed by atoms with van der Waals surface area (Å²) in [5.74, 6) is 1.05. The van der Waals surface area contributed by atoms with Crippen LogP contribution in [0.1, 0.15) is 17.7 Å². The zero-order valence-electron chi connectivity index (χ0n) is 11.0. The molecule has 0 amide bonds. The number of rotatable bonds is 1. The fourth-order valence-corrected chi connectivity index (χ4v) is 2.67. The van der Waals surface area contributed by atoms with Crippen molar-refractivity contribution in [3.05, 3.63) is 17.3 Å². The molecule has 3 heterocycles. The molecule has 0 spiro atoms. The molecular weight excluding hydrogens is 226 g/mol. The second kappa shape index (κ2) is 5.20. The van der Waals surface area contributed by atoms with Crippen molar-refractivity contribution in [2.75, 3.05) is 44.7 Å². The van der Waals surface area contributed by atoms with Gasteiger partial charge in [0.15, 0.2) is 5.82 Å². The Balaban J connectivity index is 1.79. The van der Waals surface area contributed by atoms with Crippen LogP contribution in [-0.4, -0.2) is 54.9 Å². The standard InChI is InChI=1S/C13H21N5/c1-17-5-2-6-18(8-7-17)13-9-11-10-14-4-3-12(11)15-16-13/h9,14H,2-8,10H2,1H3. The fraction of sp³-hybridized carbons (Fsp3) is 0.692. The summed E-state index contributed by atoms with van der Waals surface area (Å²) in [5, 5.41) is 12.2. The third-order valence-corrected chi connectivity index (χ3v) is 3.84. The van der Waals surface area contributed by atoms with E-state index in [2.05, 4.69) is 38.4 Å². The normalized spacial score (nSPS) is 21.5. The van der Waals surface area contributed by atoms with E-state index in [0.29, 0.717) is 0 Å². The summed E-state index contributed by atoms with van der Waals surface area (Å²) in [6.45, 7) is 6.39. The van der Waals surface area contributed by atoms with Crippen LogP contribution in [0.5, 0.6) is 0 Å². The van der Waals surface area contributed by atoms with Gasteiger partial charge in [0.25, 0.3) is 0 Å². The first kappa shape index (κ1) is 11.9. The molecule has 1 aromatic rings. The van der Waals surface area contributed by atoms with Gasteiger partial charge in [0, 0.05) is 39.1 Å². The molecule has 0 aliphatic carbocycles. The second-order valence-corrected chi connectivity index (χ2v) is 5.25. The quantitative estimate of drug-likeness (QED) is 0.771. The van der Waals surface area contributed by atoms with Gasteiger partial charge in [0.1, 0.15) is 0 Å². The fourth-order valence-electron chi connectivity index (χ4n) is 2.67. The van der Waals surface area contributed by atoms with Crippen LogP contribution >= 0.6 is 0 Å². The van der Waals surface area contributed by atoms with Gasteiger partial charge in [0.05, 0.1) is 5.69 Å². The van der Waals surface area contributed by atoms with Crippen LogP contribution in [0.15, 0.2) is 6.07 Å². The number of nitrogens with zero attached hydrogens (tertiary/aromatic N) is 4. The predicted molar refractivity (Wildman–Crippen MR) is 71.8 cm³/mol. The Morgan fingerprint density at radius 2 is 2.11 bits per heavy atom. The molecule has 1 N–H and O–H groups in total. The number of hydrogen-bond donors (Lipinski definition) is 1. The van der Waals surface area contributed by atoms with E-state index in [4.69, 9.17) is 0 Å². The predicted octanol–water partition coefficient (Wildman–Crippen LogP) is 0.264. The maximum Gasteiger partial charge on any atom is 0.151 e. The van der Waals surface area contributed by atoms with E-state index < -0.39 is 0 Å². The van der Waals surface area contributed by atoms with Gasteiger partial charge < -0.3 is 15.1 Å². The molecule has 98 valence electrons. The average molecular weight is 247 g/mol. The summed E-state index contributed by atoms with van der Waals surface area (Å²) in [5.41, 5.74) is 2.49.